The highest BCUT2D eigenvalue weighted by Gasteiger charge is 2.30. The molecule has 0 heterocycles. The van der Waals surface area contributed by atoms with Crippen LogP contribution in [0.15, 0.2) is 12.2 Å². The van der Waals surface area contributed by atoms with Crippen molar-refractivity contribution in [2.45, 2.75) is 71.1 Å². The number of allylic oxidation sites excluding steroid dienone is 1. The fraction of sp³-hybridized carbons (Fsp3) is 0.882. The third-order valence-electron chi connectivity index (χ3n) is 5.63. The predicted octanol–water partition coefficient (Wildman–Crippen LogP) is 6.18. The molecule has 0 saturated heterocycles. The van der Waals surface area contributed by atoms with Gasteiger partial charge >= 0.3 is 0 Å². The first-order valence-corrected chi connectivity index (χ1v) is 8.20. The van der Waals surface area contributed by atoms with E-state index in [2.05, 4.69) is 6.92 Å². The maximum Gasteiger partial charge on any atom is 0.266 e. The van der Waals surface area contributed by atoms with Crippen LogP contribution in [-0.2, 0) is 0 Å². The zero-order valence-corrected chi connectivity index (χ0v) is 12.2. The monoisotopic (exact) mass is 270 g/mol. The summed E-state index contributed by atoms with van der Waals surface area (Å²) in [6.07, 6.45) is 12.2. The molecule has 2 saturated carbocycles. The van der Waals surface area contributed by atoms with E-state index < -0.39 is 6.08 Å². The number of rotatable bonds is 4. The molecule has 0 nitrogen and oxygen atoms in total. The largest absolute Gasteiger partial charge is 0.266 e. The summed E-state index contributed by atoms with van der Waals surface area (Å²) in [5, 5.41) is 0. The standard InChI is InChI=1S/C17H28F2/c1-2-13-3-8-15(9-4-13)16-10-5-14(6-11-16)7-12-17(18)19/h12-16H,2-11H2,1H3/t13-,14-,15-,16-. The average Bonchev–Trinajstić information content (AvgIpc) is 2.46. The molecule has 2 rings (SSSR count). The quantitative estimate of drug-likeness (QED) is 0.572. The van der Waals surface area contributed by atoms with Crippen molar-refractivity contribution in [1.82, 2.24) is 0 Å². The summed E-state index contributed by atoms with van der Waals surface area (Å²) in [4.78, 5) is 0. The summed E-state index contributed by atoms with van der Waals surface area (Å²) < 4.78 is 24.2. The van der Waals surface area contributed by atoms with Crippen LogP contribution in [-0.4, -0.2) is 0 Å². The van der Waals surface area contributed by atoms with Gasteiger partial charge in [0, 0.05) is 0 Å². The van der Waals surface area contributed by atoms with Crippen LogP contribution in [0.3, 0.4) is 0 Å². The van der Waals surface area contributed by atoms with E-state index in [1.807, 2.05) is 0 Å². The molecule has 2 aliphatic rings. The van der Waals surface area contributed by atoms with Crippen molar-refractivity contribution >= 4 is 0 Å². The fourth-order valence-corrected chi connectivity index (χ4v) is 4.22. The van der Waals surface area contributed by atoms with Crippen LogP contribution in [0.1, 0.15) is 71.1 Å². The van der Waals surface area contributed by atoms with E-state index in [-0.39, 0.29) is 0 Å². The average molecular weight is 270 g/mol. The molecule has 0 aromatic carbocycles. The molecule has 0 amide bonds. The summed E-state index contributed by atoms with van der Waals surface area (Å²) in [6, 6.07) is 0. The minimum atomic E-state index is -1.50. The van der Waals surface area contributed by atoms with Gasteiger partial charge in [0.05, 0.1) is 0 Å². The lowest BCUT2D eigenvalue weighted by Gasteiger charge is -2.37. The van der Waals surface area contributed by atoms with Crippen LogP contribution in [0.5, 0.6) is 0 Å². The third kappa shape index (κ3) is 4.57. The highest BCUT2D eigenvalue weighted by molar-refractivity contribution is 4.87. The Labute approximate surface area is 116 Å². The summed E-state index contributed by atoms with van der Waals surface area (Å²) in [7, 11) is 0. The molecule has 2 heteroatoms. The Balaban J connectivity index is 1.70. The van der Waals surface area contributed by atoms with Crippen LogP contribution in [0.25, 0.3) is 0 Å². The molecule has 0 aromatic heterocycles. The fourth-order valence-electron chi connectivity index (χ4n) is 4.22. The van der Waals surface area contributed by atoms with E-state index in [0.717, 1.165) is 23.8 Å². The van der Waals surface area contributed by atoms with Crippen LogP contribution in [0.2, 0.25) is 0 Å². The SMILES string of the molecule is CC[C@H]1CC[C@H]([C@H]2CC[C@H](CC=C(F)F)CC2)CC1. The molecule has 0 radical (unpaired) electrons. The normalized spacial score (nSPS) is 35.9. The van der Waals surface area contributed by atoms with Crippen LogP contribution in [0.4, 0.5) is 8.78 Å². The molecule has 0 aromatic rings. The van der Waals surface area contributed by atoms with Crippen molar-refractivity contribution < 1.29 is 8.78 Å². The number of halogens is 2. The van der Waals surface area contributed by atoms with Gasteiger partial charge in [-0.1, -0.05) is 26.2 Å². The van der Waals surface area contributed by atoms with Crippen LogP contribution < -0.4 is 0 Å². The second-order valence-electron chi connectivity index (χ2n) is 6.70. The Morgan fingerprint density at radius 3 is 1.74 bits per heavy atom. The molecular weight excluding hydrogens is 242 g/mol. The number of hydrogen-bond acceptors (Lipinski definition) is 0. The second-order valence-corrected chi connectivity index (χ2v) is 6.70. The van der Waals surface area contributed by atoms with Crippen molar-refractivity contribution in [3.05, 3.63) is 12.2 Å². The van der Waals surface area contributed by atoms with Gasteiger partial charge in [-0.15, -0.1) is 0 Å². The zero-order chi connectivity index (χ0) is 13.7. The molecule has 19 heavy (non-hydrogen) atoms. The minimum absolute atomic E-state index is 0.518. The van der Waals surface area contributed by atoms with E-state index in [9.17, 15) is 8.78 Å². The van der Waals surface area contributed by atoms with Crippen molar-refractivity contribution in [2.75, 3.05) is 0 Å². The molecule has 0 atom stereocenters. The predicted molar refractivity (Wildman–Crippen MR) is 76.1 cm³/mol. The molecule has 0 unspecified atom stereocenters. The van der Waals surface area contributed by atoms with Crippen molar-refractivity contribution in [2.24, 2.45) is 23.7 Å². The summed E-state index contributed by atoms with van der Waals surface area (Å²) in [6.45, 7) is 2.31. The molecule has 2 aliphatic carbocycles. The Hall–Kier alpha value is -0.400. The lowest BCUT2D eigenvalue weighted by atomic mass is 9.68. The van der Waals surface area contributed by atoms with Gasteiger partial charge < -0.3 is 0 Å². The van der Waals surface area contributed by atoms with E-state index in [1.165, 1.54) is 57.8 Å². The van der Waals surface area contributed by atoms with E-state index in [4.69, 9.17) is 0 Å². The summed E-state index contributed by atoms with van der Waals surface area (Å²) in [5.41, 5.74) is 0. The minimum Gasteiger partial charge on any atom is -0.174 e. The lowest BCUT2D eigenvalue weighted by Crippen LogP contribution is -2.25. The summed E-state index contributed by atoms with van der Waals surface area (Å²) >= 11 is 0. The van der Waals surface area contributed by atoms with Crippen molar-refractivity contribution in [1.29, 1.82) is 0 Å². The molecule has 0 N–H and O–H groups in total. The first-order chi connectivity index (χ1) is 9.19. The highest BCUT2D eigenvalue weighted by Crippen LogP contribution is 2.42. The maximum absolute atomic E-state index is 12.1. The highest BCUT2D eigenvalue weighted by atomic mass is 19.3. The van der Waals surface area contributed by atoms with Gasteiger partial charge in [-0.25, -0.2) is 0 Å². The lowest BCUT2D eigenvalue weighted by molar-refractivity contribution is 0.145. The van der Waals surface area contributed by atoms with Crippen LogP contribution in [0, 0.1) is 23.7 Å². The Kier molecular flexibility index (Phi) is 5.84. The molecule has 110 valence electrons. The van der Waals surface area contributed by atoms with Gasteiger partial charge in [-0.05, 0) is 74.7 Å². The molecule has 0 spiro atoms. The first-order valence-electron chi connectivity index (χ1n) is 8.20. The smallest absolute Gasteiger partial charge is 0.174 e. The second kappa shape index (κ2) is 7.40. The Morgan fingerprint density at radius 1 is 0.842 bits per heavy atom. The van der Waals surface area contributed by atoms with Gasteiger partial charge in [0.15, 0.2) is 0 Å². The van der Waals surface area contributed by atoms with E-state index in [1.54, 1.807) is 0 Å². The topological polar surface area (TPSA) is 0 Å². The van der Waals surface area contributed by atoms with E-state index in [0.29, 0.717) is 12.3 Å². The molecule has 0 aliphatic heterocycles. The molecule has 2 fully saturated rings. The van der Waals surface area contributed by atoms with Crippen LogP contribution >= 0.6 is 0 Å². The summed E-state index contributed by atoms with van der Waals surface area (Å²) in [5.74, 6) is 3.33. The third-order valence-corrected chi connectivity index (χ3v) is 5.63. The van der Waals surface area contributed by atoms with Gasteiger partial charge in [0.1, 0.15) is 0 Å². The molecule has 0 bridgehead atoms. The van der Waals surface area contributed by atoms with Crippen molar-refractivity contribution in [3.8, 4) is 0 Å². The molecular formula is C17H28F2. The maximum atomic E-state index is 12.1. The first kappa shape index (κ1) is 15.0. The van der Waals surface area contributed by atoms with E-state index >= 15 is 0 Å². The number of hydrogen-bond donors (Lipinski definition) is 0. The zero-order valence-electron chi connectivity index (χ0n) is 12.2. The van der Waals surface area contributed by atoms with Gasteiger partial charge in [0.2, 0.25) is 0 Å². The Bertz CT molecular complexity index is 278. The van der Waals surface area contributed by atoms with Crippen molar-refractivity contribution in [3.63, 3.8) is 0 Å². The van der Waals surface area contributed by atoms with Gasteiger partial charge in [-0.3, -0.25) is 0 Å². The van der Waals surface area contributed by atoms with Gasteiger partial charge in [-0.2, -0.15) is 8.78 Å². The Morgan fingerprint density at radius 2 is 1.32 bits per heavy atom. The van der Waals surface area contributed by atoms with Gasteiger partial charge in [0.25, 0.3) is 6.08 Å².